The highest BCUT2D eigenvalue weighted by atomic mass is 16.6. The van der Waals surface area contributed by atoms with Crippen LogP contribution in [0, 0.1) is 17.8 Å². The van der Waals surface area contributed by atoms with Gasteiger partial charge in [-0.2, -0.15) is 0 Å². The third-order valence-corrected chi connectivity index (χ3v) is 8.60. The highest BCUT2D eigenvalue weighted by molar-refractivity contribution is 6.00. The van der Waals surface area contributed by atoms with Gasteiger partial charge in [-0.25, -0.2) is 4.79 Å². The molecule has 2 aliphatic carbocycles. The number of hydrogen-bond donors (Lipinski definition) is 2. The smallest absolute Gasteiger partial charge is 0.324 e. The van der Waals surface area contributed by atoms with Crippen LogP contribution in [0.1, 0.15) is 23.0 Å². The summed E-state index contributed by atoms with van der Waals surface area (Å²) in [6.07, 6.45) is -0.411. The molecule has 6 aliphatic rings. The Hall–Kier alpha value is -3.76. The molecule has 8 unspecified atom stereocenters. The fourth-order valence-corrected chi connectivity index (χ4v) is 6.96. The van der Waals surface area contributed by atoms with E-state index < -0.39 is 47.8 Å². The van der Waals surface area contributed by atoms with Crippen LogP contribution in [0.15, 0.2) is 18.5 Å². The molecule has 2 saturated heterocycles. The molecule has 11 nitrogen and oxygen atoms in total. The van der Waals surface area contributed by atoms with E-state index >= 15 is 0 Å². The molecule has 4 heterocycles. The zero-order valence-electron chi connectivity index (χ0n) is 18.7. The van der Waals surface area contributed by atoms with E-state index in [1.807, 2.05) is 11.0 Å². The van der Waals surface area contributed by atoms with Crippen LogP contribution in [0.3, 0.4) is 0 Å². The molecular weight excluding hydrogens is 444 g/mol. The molecule has 0 aromatic heterocycles. The fraction of sp³-hybridized carbons (Fsp3) is 0.478. The molecule has 4 amide bonds. The van der Waals surface area contributed by atoms with Crippen molar-refractivity contribution in [2.75, 3.05) is 21.2 Å². The fourth-order valence-electron chi connectivity index (χ4n) is 6.96. The van der Waals surface area contributed by atoms with E-state index in [2.05, 4.69) is 17.2 Å². The minimum Gasteiger partial charge on any atom is -0.490 e. The summed E-state index contributed by atoms with van der Waals surface area (Å²) in [6.45, 7) is 3.87. The van der Waals surface area contributed by atoms with Gasteiger partial charge in [0.1, 0.15) is 11.9 Å². The SMILES string of the molecule is C=C1NC(=O)C2C3c4cc5c(c(OC)c4OC(=O)C3C2N1C)OC1C5C2C(=O)NC(=O)N(C)C12. The quantitative estimate of drug-likeness (QED) is 0.433. The number of benzene rings is 1. The summed E-state index contributed by atoms with van der Waals surface area (Å²) in [5.41, 5.74) is 1.47. The first-order valence-corrected chi connectivity index (χ1v) is 11.2. The van der Waals surface area contributed by atoms with Gasteiger partial charge in [-0.1, -0.05) is 6.58 Å². The number of methoxy groups -OCH3 is 1. The van der Waals surface area contributed by atoms with Crippen LogP contribution in [0.4, 0.5) is 4.79 Å². The first-order chi connectivity index (χ1) is 16.2. The summed E-state index contributed by atoms with van der Waals surface area (Å²) in [5.74, 6) is -1.65. The number of esters is 1. The lowest BCUT2D eigenvalue weighted by Crippen LogP contribution is -2.72. The van der Waals surface area contributed by atoms with Crippen molar-refractivity contribution >= 4 is 23.8 Å². The summed E-state index contributed by atoms with van der Waals surface area (Å²) in [6, 6.07) is 0.704. The number of hydrogen-bond acceptors (Lipinski definition) is 8. The second kappa shape index (κ2) is 6.02. The number of carbonyl (C=O) groups excluding carboxylic acids is 4. The van der Waals surface area contributed by atoms with Crippen LogP contribution in [0.25, 0.3) is 0 Å². The van der Waals surface area contributed by atoms with Crippen molar-refractivity contribution in [1.29, 1.82) is 0 Å². The number of rotatable bonds is 1. The van der Waals surface area contributed by atoms with Crippen molar-refractivity contribution in [2.24, 2.45) is 17.8 Å². The minimum absolute atomic E-state index is 0.181. The Bertz CT molecular complexity index is 1260. The number of carbonyl (C=O) groups is 4. The second-order valence-corrected chi connectivity index (χ2v) is 9.81. The van der Waals surface area contributed by atoms with Crippen molar-refractivity contribution in [2.45, 2.75) is 30.0 Å². The largest absolute Gasteiger partial charge is 0.490 e. The maximum Gasteiger partial charge on any atom is 0.324 e. The van der Waals surface area contributed by atoms with Gasteiger partial charge in [-0.3, -0.25) is 19.7 Å². The summed E-state index contributed by atoms with van der Waals surface area (Å²) in [5, 5.41) is 5.20. The van der Waals surface area contributed by atoms with Gasteiger partial charge in [-0.05, 0) is 6.07 Å². The Kier molecular flexibility index (Phi) is 3.49. The maximum atomic E-state index is 13.1. The van der Waals surface area contributed by atoms with Crippen LogP contribution in [-0.2, 0) is 14.4 Å². The molecular formula is C23H22N4O7. The molecule has 0 radical (unpaired) electrons. The average Bonchev–Trinajstić information content (AvgIpc) is 3.04. The van der Waals surface area contributed by atoms with Crippen LogP contribution in [0.5, 0.6) is 17.2 Å². The van der Waals surface area contributed by atoms with Gasteiger partial charge in [0, 0.05) is 37.1 Å². The van der Waals surface area contributed by atoms with Crippen LogP contribution >= 0.6 is 0 Å². The monoisotopic (exact) mass is 466 g/mol. The van der Waals surface area contributed by atoms with Gasteiger partial charge < -0.3 is 29.3 Å². The van der Waals surface area contributed by atoms with E-state index in [0.717, 1.165) is 5.56 Å². The Labute approximate surface area is 194 Å². The van der Waals surface area contributed by atoms with E-state index in [-0.39, 0.29) is 35.3 Å². The summed E-state index contributed by atoms with van der Waals surface area (Å²) >= 11 is 0. The highest BCUT2D eigenvalue weighted by Gasteiger charge is 2.68. The zero-order chi connectivity index (χ0) is 23.8. The van der Waals surface area contributed by atoms with Crippen LogP contribution in [0.2, 0.25) is 0 Å². The van der Waals surface area contributed by atoms with Gasteiger partial charge >= 0.3 is 12.0 Å². The van der Waals surface area contributed by atoms with Gasteiger partial charge in [0.15, 0.2) is 11.5 Å². The van der Waals surface area contributed by atoms with E-state index in [4.69, 9.17) is 14.2 Å². The number of urea groups is 1. The maximum absolute atomic E-state index is 13.1. The second-order valence-electron chi connectivity index (χ2n) is 9.81. The number of fused-ring (bicyclic) bond motifs is 12. The predicted octanol–water partition coefficient (Wildman–Crippen LogP) is -0.130. The number of imide groups is 1. The predicted molar refractivity (Wildman–Crippen MR) is 113 cm³/mol. The van der Waals surface area contributed by atoms with E-state index in [9.17, 15) is 19.2 Å². The standard InChI is InChI=1S/C23H22N4O7/c1-6-24-20(28)11-9-7-5-8-10-12-15(27(3)23(31)25-21(12)29)18(10)33-16(8)19(32-4)17(7)34-22(30)13(9)14(11)26(6)2/h5,9-15,18H,1H2,2-4H3,(H,24,28)(H,25,29,31). The molecule has 7 rings (SSSR count). The molecule has 8 atom stereocenters. The van der Waals surface area contributed by atoms with Crippen LogP contribution < -0.4 is 24.8 Å². The summed E-state index contributed by atoms with van der Waals surface area (Å²) < 4.78 is 17.6. The van der Waals surface area contributed by atoms with Crippen molar-refractivity contribution in [1.82, 2.24) is 20.4 Å². The molecule has 4 fully saturated rings. The minimum atomic E-state index is -0.526. The zero-order valence-corrected chi connectivity index (χ0v) is 18.7. The van der Waals surface area contributed by atoms with E-state index in [0.29, 0.717) is 17.1 Å². The lowest BCUT2D eigenvalue weighted by molar-refractivity contribution is -0.162. The Morgan fingerprint density at radius 1 is 0.882 bits per heavy atom. The molecule has 0 spiro atoms. The Morgan fingerprint density at radius 3 is 2.29 bits per heavy atom. The topological polar surface area (TPSA) is 127 Å². The summed E-state index contributed by atoms with van der Waals surface area (Å²) in [7, 11) is 4.90. The van der Waals surface area contributed by atoms with Crippen molar-refractivity contribution in [3.63, 3.8) is 0 Å². The first kappa shape index (κ1) is 19.7. The first-order valence-electron chi connectivity index (χ1n) is 11.2. The van der Waals surface area contributed by atoms with Crippen molar-refractivity contribution < 1.29 is 33.4 Å². The van der Waals surface area contributed by atoms with Gasteiger partial charge in [0.25, 0.3) is 0 Å². The molecule has 4 aliphatic heterocycles. The van der Waals surface area contributed by atoms with E-state index in [1.54, 1.807) is 14.1 Å². The Balaban J connectivity index is 1.35. The molecule has 176 valence electrons. The van der Waals surface area contributed by atoms with Gasteiger partial charge in [0.05, 0.1) is 36.9 Å². The molecule has 11 heteroatoms. The van der Waals surface area contributed by atoms with Gasteiger partial charge in [-0.15, -0.1) is 0 Å². The Morgan fingerprint density at radius 2 is 1.56 bits per heavy atom. The molecule has 1 aromatic carbocycles. The lowest BCUT2D eigenvalue weighted by atomic mass is 9.55. The lowest BCUT2D eigenvalue weighted by Gasteiger charge is -2.58. The van der Waals surface area contributed by atoms with E-state index in [1.165, 1.54) is 12.0 Å². The van der Waals surface area contributed by atoms with Crippen molar-refractivity contribution in [3.05, 3.63) is 29.6 Å². The molecule has 2 saturated carbocycles. The molecule has 0 bridgehead atoms. The number of ether oxygens (including phenoxy) is 3. The molecule has 2 N–H and O–H groups in total. The molecule has 34 heavy (non-hydrogen) atoms. The third kappa shape index (κ3) is 2.00. The number of nitrogens with one attached hydrogen (secondary N) is 2. The molecule has 1 aromatic rings. The number of nitrogens with zero attached hydrogens (tertiary/aromatic N) is 2. The number of amides is 4. The third-order valence-electron chi connectivity index (χ3n) is 8.60. The van der Waals surface area contributed by atoms with Gasteiger partial charge in [0.2, 0.25) is 17.6 Å². The van der Waals surface area contributed by atoms with Crippen LogP contribution in [-0.4, -0.2) is 73.0 Å². The average molecular weight is 466 g/mol. The van der Waals surface area contributed by atoms with Crippen molar-refractivity contribution in [3.8, 4) is 17.2 Å². The normalized spacial score (nSPS) is 38.4. The highest BCUT2D eigenvalue weighted by Crippen LogP contribution is 2.65. The number of likely N-dealkylation sites (N-methyl/N-ethyl adjacent to an activating group) is 1. The summed E-state index contributed by atoms with van der Waals surface area (Å²) in [4.78, 5) is 54.1.